The molecule has 1 aromatic rings. The molecule has 2 saturated heterocycles. The molecule has 2 fully saturated rings. The van der Waals surface area contributed by atoms with Crippen molar-refractivity contribution in [2.75, 3.05) is 14.1 Å². The SMILES string of the molecule is CN1C(C)(C)CC(OC(=O)C(Cc2ccc(O)cc2)C(=O)OC2CC(C)(C)N(C)C(C)(C)C2)CC1(C)C. The summed E-state index contributed by atoms with van der Waals surface area (Å²) in [7, 11) is 4.21. The van der Waals surface area contributed by atoms with Gasteiger partial charge in [-0.2, -0.15) is 0 Å². The average molecular weight is 517 g/mol. The summed E-state index contributed by atoms with van der Waals surface area (Å²) in [5.74, 6) is -2.00. The van der Waals surface area contributed by atoms with Gasteiger partial charge < -0.3 is 14.6 Å². The second-order valence-electron chi connectivity index (χ2n) is 13.7. The highest BCUT2D eigenvalue weighted by Crippen LogP contribution is 2.40. The Kier molecular flexibility index (Phi) is 8.13. The molecule has 208 valence electrons. The van der Waals surface area contributed by atoms with E-state index in [1.165, 1.54) is 0 Å². The van der Waals surface area contributed by atoms with E-state index in [2.05, 4.69) is 79.3 Å². The minimum absolute atomic E-state index is 0.136. The molecule has 7 heteroatoms. The topological polar surface area (TPSA) is 79.3 Å². The van der Waals surface area contributed by atoms with Gasteiger partial charge in [0.1, 0.15) is 18.0 Å². The van der Waals surface area contributed by atoms with E-state index in [4.69, 9.17) is 9.47 Å². The minimum Gasteiger partial charge on any atom is -0.508 e. The van der Waals surface area contributed by atoms with E-state index in [0.717, 1.165) is 5.56 Å². The number of benzene rings is 1. The summed E-state index contributed by atoms with van der Waals surface area (Å²) in [5.41, 5.74) is 0.177. The standard InChI is InChI=1S/C30H48N2O5/c1-27(2)16-22(17-28(3,4)31(27)9)36-25(34)24(15-20-11-13-21(33)14-12-20)26(35)37-23-18-29(5,6)32(10)30(7,8)19-23/h11-14,22-24,33H,15-19H2,1-10H3. The van der Waals surface area contributed by atoms with Gasteiger partial charge in [-0.25, -0.2) is 0 Å². The average Bonchev–Trinajstić information content (AvgIpc) is 2.74. The summed E-state index contributed by atoms with van der Waals surface area (Å²) < 4.78 is 12.1. The Bertz CT molecular complexity index is 890. The van der Waals surface area contributed by atoms with E-state index < -0.39 is 17.9 Å². The highest BCUT2D eigenvalue weighted by atomic mass is 16.6. The smallest absolute Gasteiger partial charge is 0.320 e. The number of likely N-dealkylation sites (tertiary alicyclic amines) is 2. The molecule has 0 spiro atoms. The second-order valence-corrected chi connectivity index (χ2v) is 13.7. The van der Waals surface area contributed by atoms with Gasteiger partial charge in [0.25, 0.3) is 0 Å². The molecule has 7 nitrogen and oxygen atoms in total. The molecule has 0 aliphatic carbocycles. The Balaban J connectivity index is 1.81. The lowest BCUT2D eigenvalue weighted by Gasteiger charge is -2.53. The van der Waals surface area contributed by atoms with Crippen LogP contribution in [0.2, 0.25) is 0 Å². The van der Waals surface area contributed by atoms with Crippen molar-refractivity contribution in [1.82, 2.24) is 9.80 Å². The summed E-state index contributed by atoms with van der Waals surface area (Å²) in [5, 5.41) is 9.69. The van der Waals surface area contributed by atoms with Gasteiger partial charge in [0.15, 0.2) is 5.92 Å². The first kappa shape index (κ1) is 29.4. The van der Waals surface area contributed by atoms with Crippen molar-refractivity contribution in [2.45, 2.75) is 122 Å². The number of phenolic OH excluding ortho intramolecular Hbond substituents is 1. The Morgan fingerprint density at radius 1 is 0.757 bits per heavy atom. The summed E-state index contributed by atoms with van der Waals surface area (Å²) in [4.78, 5) is 31.8. The molecule has 1 N–H and O–H groups in total. The van der Waals surface area contributed by atoms with Crippen molar-refractivity contribution in [1.29, 1.82) is 0 Å². The molecule has 0 atom stereocenters. The maximum Gasteiger partial charge on any atom is 0.320 e. The molecule has 3 rings (SSSR count). The molecule has 1 aromatic carbocycles. The van der Waals surface area contributed by atoms with Gasteiger partial charge >= 0.3 is 11.9 Å². The second kappa shape index (κ2) is 10.2. The van der Waals surface area contributed by atoms with E-state index >= 15 is 0 Å². The normalized spacial score (nSPS) is 24.1. The summed E-state index contributed by atoms with van der Waals surface area (Å²) in [6.45, 7) is 17.2. The number of phenols is 1. The van der Waals surface area contributed by atoms with Crippen molar-refractivity contribution in [2.24, 2.45) is 5.92 Å². The van der Waals surface area contributed by atoms with Gasteiger partial charge in [0.2, 0.25) is 0 Å². The Morgan fingerprint density at radius 3 is 1.41 bits per heavy atom. The molecule has 0 saturated carbocycles. The number of esters is 2. The van der Waals surface area contributed by atoms with Crippen LogP contribution >= 0.6 is 0 Å². The minimum atomic E-state index is -1.07. The van der Waals surface area contributed by atoms with Crippen LogP contribution in [0.1, 0.15) is 86.6 Å². The van der Waals surface area contributed by atoms with Crippen molar-refractivity contribution in [3.8, 4) is 5.75 Å². The van der Waals surface area contributed by atoms with Gasteiger partial charge in [-0.05, 0) is 93.6 Å². The molecule has 2 heterocycles. The Labute approximate surface area is 223 Å². The predicted molar refractivity (Wildman–Crippen MR) is 145 cm³/mol. The molecular weight excluding hydrogens is 468 g/mol. The number of carbonyl (C=O) groups is 2. The number of rotatable bonds is 6. The zero-order chi connectivity index (χ0) is 28.0. The first-order valence-electron chi connectivity index (χ1n) is 13.5. The lowest BCUT2D eigenvalue weighted by atomic mass is 9.78. The third-order valence-corrected chi connectivity index (χ3v) is 9.05. The molecule has 0 radical (unpaired) electrons. The van der Waals surface area contributed by atoms with Crippen LogP contribution in [0.5, 0.6) is 5.75 Å². The molecule has 0 unspecified atom stereocenters. The van der Waals surface area contributed by atoms with Crippen molar-refractivity contribution in [3.05, 3.63) is 29.8 Å². The zero-order valence-electron chi connectivity index (χ0n) is 24.6. The van der Waals surface area contributed by atoms with E-state index in [9.17, 15) is 14.7 Å². The van der Waals surface area contributed by atoms with Crippen molar-refractivity contribution in [3.63, 3.8) is 0 Å². The first-order valence-corrected chi connectivity index (χ1v) is 13.5. The van der Waals surface area contributed by atoms with Crippen molar-refractivity contribution >= 4 is 11.9 Å². The van der Waals surface area contributed by atoms with Crippen LogP contribution in [0.4, 0.5) is 0 Å². The number of hydrogen-bond donors (Lipinski definition) is 1. The van der Waals surface area contributed by atoms with E-state index in [0.29, 0.717) is 25.7 Å². The summed E-state index contributed by atoms with van der Waals surface area (Å²) in [6, 6.07) is 6.58. The monoisotopic (exact) mass is 516 g/mol. The van der Waals surface area contributed by atoms with E-state index in [1.54, 1.807) is 24.3 Å². The van der Waals surface area contributed by atoms with Crippen LogP contribution in [0.25, 0.3) is 0 Å². The number of aromatic hydroxyl groups is 1. The highest BCUT2D eigenvalue weighted by molar-refractivity contribution is 5.95. The summed E-state index contributed by atoms with van der Waals surface area (Å²) >= 11 is 0. The van der Waals surface area contributed by atoms with Gasteiger partial charge in [-0.15, -0.1) is 0 Å². The van der Waals surface area contributed by atoms with Crippen molar-refractivity contribution < 1.29 is 24.2 Å². The fourth-order valence-corrected chi connectivity index (χ4v) is 6.35. The maximum atomic E-state index is 13.6. The lowest BCUT2D eigenvalue weighted by molar-refractivity contribution is -0.177. The van der Waals surface area contributed by atoms with Crippen LogP contribution in [-0.4, -0.2) is 75.3 Å². The van der Waals surface area contributed by atoms with E-state index in [1.807, 2.05) is 0 Å². The fourth-order valence-electron chi connectivity index (χ4n) is 6.35. The molecule has 0 bridgehead atoms. The van der Waals surface area contributed by atoms with Gasteiger partial charge in [0, 0.05) is 47.8 Å². The third-order valence-electron chi connectivity index (χ3n) is 9.05. The first-order chi connectivity index (χ1) is 16.8. The molecule has 0 amide bonds. The molecule has 0 aromatic heterocycles. The van der Waals surface area contributed by atoms with Gasteiger partial charge in [0.05, 0.1) is 0 Å². The number of hydrogen-bond acceptors (Lipinski definition) is 7. The van der Waals surface area contributed by atoms with Crippen LogP contribution in [0.3, 0.4) is 0 Å². The fraction of sp³-hybridized carbons (Fsp3) is 0.733. The largest absolute Gasteiger partial charge is 0.508 e. The number of ether oxygens (including phenoxy) is 2. The number of carbonyl (C=O) groups excluding carboxylic acids is 2. The van der Waals surface area contributed by atoms with E-state index in [-0.39, 0.29) is 46.5 Å². The molecule has 2 aliphatic heterocycles. The van der Waals surface area contributed by atoms with Gasteiger partial charge in [-0.1, -0.05) is 12.1 Å². The predicted octanol–water partition coefficient (Wildman–Crippen LogP) is 4.94. The van der Waals surface area contributed by atoms with Crippen LogP contribution in [-0.2, 0) is 25.5 Å². The number of piperidine rings is 2. The Hall–Kier alpha value is -2.12. The molecule has 2 aliphatic rings. The highest BCUT2D eigenvalue weighted by Gasteiger charge is 2.47. The lowest BCUT2D eigenvalue weighted by Crippen LogP contribution is -2.61. The van der Waals surface area contributed by atoms with Crippen LogP contribution in [0.15, 0.2) is 24.3 Å². The van der Waals surface area contributed by atoms with Crippen LogP contribution < -0.4 is 0 Å². The number of nitrogens with zero attached hydrogens (tertiary/aromatic N) is 2. The summed E-state index contributed by atoms with van der Waals surface area (Å²) in [6.07, 6.45) is 2.36. The Morgan fingerprint density at radius 2 is 1.08 bits per heavy atom. The maximum absolute atomic E-state index is 13.6. The van der Waals surface area contributed by atoms with Gasteiger partial charge in [-0.3, -0.25) is 19.4 Å². The quantitative estimate of drug-likeness (QED) is 0.424. The third kappa shape index (κ3) is 6.66. The molecular formula is C30H48N2O5. The zero-order valence-corrected chi connectivity index (χ0v) is 24.6. The molecule has 37 heavy (non-hydrogen) atoms. The van der Waals surface area contributed by atoms with Crippen LogP contribution in [0, 0.1) is 5.92 Å².